The molecular weight excluding hydrogens is 208 g/mol. The van der Waals surface area contributed by atoms with Crippen molar-refractivity contribution in [3.8, 4) is 0 Å². The summed E-state index contributed by atoms with van der Waals surface area (Å²) in [6.07, 6.45) is 2.37. The van der Waals surface area contributed by atoms with Crippen LogP contribution in [-0.2, 0) is 13.0 Å². The molecule has 0 amide bonds. The lowest BCUT2D eigenvalue weighted by molar-refractivity contribution is 0.381. The zero-order chi connectivity index (χ0) is 12.3. The Balaban J connectivity index is 1.82. The van der Waals surface area contributed by atoms with Crippen molar-refractivity contribution in [2.24, 2.45) is 0 Å². The van der Waals surface area contributed by atoms with Crippen LogP contribution in [0.3, 0.4) is 0 Å². The molecule has 0 saturated heterocycles. The topological polar surface area (TPSA) is 24.1 Å². The van der Waals surface area contributed by atoms with Gasteiger partial charge in [0.05, 0.1) is 0 Å². The van der Waals surface area contributed by atoms with Crippen LogP contribution in [0, 0.1) is 0 Å². The molecule has 0 bridgehead atoms. The van der Waals surface area contributed by atoms with E-state index in [1.807, 2.05) is 0 Å². The Hall–Kier alpha value is -0.860. The summed E-state index contributed by atoms with van der Waals surface area (Å²) in [5, 5.41) is 7.17. The maximum absolute atomic E-state index is 3.62. The first kappa shape index (κ1) is 12.6. The van der Waals surface area contributed by atoms with E-state index in [9.17, 15) is 0 Å². The Morgan fingerprint density at radius 1 is 1.24 bits per heavy atom. The van der Waals surface area contributed by atoms with Gasteiger partial charge in [-0.1, -0.05) is 24.3 Å². The van der Waals surface area contributed by atoms with Crippen LogP contribution in [0.4, 0.5) is 0 Å². The summed E-state index contributed by atoms with van der Waals surface area (Å²) in [6.45, 7) is 8.77. The van der Waals surface area contributed by atoms with Gasteiger partial charge in [0, 0.05) is 18.1 Å². The molecule has 2 rings (SSSR count). The molecule has 0 radical (unpaired) electrons. The Bertz CT molecular complexity index is 365. The highest BCUT2D eigenvalue weighted by atomic mass is 15.0. The van der Waals surface area contributed by atoms with Crippen LogP contribution >= 0.6 is 0 Å². The Morgan fingerprint density at radius 3 is 2.65 bits per heavy atom. The highest BCUT2D eigenvalue weighted by Gasteiger charge is 2.17. The molecule has 17 heavy (non-hydrogen) atoms. The second kappa shape index (κ2) is 5.19. The van der Waals surface area contributed by atoms with E-state index in [4.69, 9.17) is 0 Å². The maximum Gasteiger partial charge on any atom is 0.0210 e. The average molecular weight is 232 g/mol. The normalized spacial score (nSPS) is 20.1. The SMILES string of the molecule is CC(C)(C)NCCC1Cc2ccccc2CN1. The molecule has 2 nitrogen and oxygen atoms in total. The molecule has 0 saturated carbocycles. The van der Waals surface area contributed by atoms with Crippen LogP contribution in [0.5, 0.6) is 0 Å². The van der Waals surface area contributed by atoms with E-state index >= 15 is 0 Å². The monoisotopic (exact) mass is 232 g/mol. The van der Waals surface area contributed by atoms with Gasteiger partial charge in [0.25, 0.3) is 0 Å². The zero-order valence-electron chi connectivity index (χ0n) is 11.2. The van der Waals surface area contributed by atoms with Crippen LogP contribution in [0.15, 0.2) is 24.3 Å². The van der Waals surface area contributed by atoms with Crippen molar-refractivity contribution < 1.29 is 0 Å². The van der Waals surface area contributed by atoms with Crippen molar-refractivity contribution in [3.05, 3.63) is 35.4 Å². The van der Waals surface area contributed by atoms with Gasteiger partial charge in [-0.25, -0.2) is 0 Å². The molecule has 0 fully saturated rings. The van der Waals surface area contributed by atoms with Gasteiger partial charge in [0.1, 0.15) is 0 Å². The third-order valence-corrected chi connectivity index (χ3v) is 3.31. The van der Waals surface area contributed by atoms with Crippen molar-refractivity contribution >= 4 is 0 Å². The minimum absolute atomic E-state index is 0.229. The lowest BCUT2D eigenvalue weighted by Gasteiger charge is -2.28. The van der Waals surface area contributed by atoms with Gasteiger partial charge in [-0.3, -0.25) is 0 Å². The lowest BCUT2D eigenvalue weighted by Crippen LogP contribution is -2.42. The summed E-state index contributed by atoms with van der Waals surface area (Å²) >= 11 is 0. The van der Waals surface area contributed by atoms with E-state index in [2.05, 4.69) is 55.7 Å². The smallest absolute Gasteiger partial charge is 0.0210 e. The second-order valence-electron chi connectivity index (χ2n) is 6.02. The predicted octanol–water partition coefficient (Wildman–Crippen LogP) is 2.48. The van der Waals surface area contributed by atoms with E-state index < -0.39 is 0 Å². The van der Waals surface area contributed by atoms with Gasteiger partial charge < -0.3 is 10.6 Å². The summed E-state index contributed by atoms with van der Waals surface area (Å²) in [7, 11) is 0. The molecule has 1 aliphatic rings. The van der Waals surface area contributed by atoms with Gasteiger partial charge in [-0.15, -0.1) is 0 Å². The number of benzene rings is 1. The molecule has 1 atom stereocenters. The summed E-state index contributed by atoms with van der Waals surface area (Å²) in [4.78, 5) is 0. The first-order valence-corrected chi connectivity index (χ1v) is 6.60. The van der Waals surface area contributed by atoms with Crippen LogP contribution in [0.1, 0.15) is 38.3 Å². The molecule has 0 aliphatic carbocycles. The quantitative estimate of drug-likeness (QED) is 0.836. The number of hydrogen-bond acceptors (Lipinski definition) is 2. The van der Waals surface area contributed by atoms with Crippen molar-refractivity contribution in [1.82, 2.24) is 10.6 Å². The van der Waals surface area contributed by atoms with E-state index in [1.54, 1.807) is 0 Å². The fourth-order valence-electron chi connectivity index (χ4n) is 2.35. The van der Waals surface area contributed by atoms with Gasteiger partial charge in [0.15, 0.2) is 0 Å². The van der Waals surface area contributed by atoms with Gasteiger partial charge in [0.2, 0.25) is 0 Å². The van der Waals surface area contributed by atoms with Crippen molar-refractivity contribution in [1.29, 1.82) is 0 Å². The Morgan fingerprint density at radius 2 is 1.94 bits per heavy atom. The maximum atomic E-state index is 3.62. The molecule has 1 aliphatic heterocycles. The Labute approximate surface area is 105 Å². The van der Waals surface area contributed by atoms with Crippen LogP contribution in [-0.4, -0.2) is 18.1 Å². The molecule has 1 aromatic rings. The zero-order valence-corrected chi connectivity index (χ0v) is 11.2. The van der Waals surface area contributed by atoms with Crippen molar-refractivity contribution in [2.75, 3.05) is 6.54 Å². The second-order valence-corrected chi connectivity index (χ2v) is 6.02. The summed E-state index contributed by atoms with van der Waals surface area (Å²) in [6, 6.07) is 9.39. The largest absolute Gasteiger partial charge is 0.312 e. The van der Waals surface area contributed by atoms with Crippen molar-refractivity contribution in [2.45, 2.75) is 51.7 Å². The molecule has 1 heterocycles. The molecule has 2 N–H and O–H groups in total. The highest BCUT2D eigenvalue weighted by Crippen LogP contribution is 2.17. The fraction of sp³-hybridized carbons (Fsp3) is 0.600. The number of fused-ring (bicyclic) bond motifs is 1. The summed E-state index contributed by atoms with van der Waals surface area (Å²) in [5.74, 6) is 0. The molecule has 2 heteroatoms. The minimum atomic E-state index is 0.229. The van der Waals surface area contributed by atoms with Crippen molar-refractivity contribution in [3.63, 3.8) is 0 Å². The van der Waals surface area contributed by atoms with Crippen LogP contribution in [0.25, 0.3) is 0 Å². The summed E-state index contributed by atoms with van der Waals surface area (Å²) < 4.78 is 0. The van der Waals surface area contributed by atoms with Gasteiger partial charge >= 0.3 is 0 Å². The van der Waals surface area contributed by atoms with E-state index in [0.717, 1.165) is 13.1 Å². The van der Waals surface area contributed by atoms with Gasteiger partial charge in [-0.05, 0) is 51.3 Å². The Kier molecular flexibility index (Phi) is 3.85. The number of nitrogens with one attached hydrogen (secondary N) is 2. The fourth-order valence-corrected chi connectivity index (χ4v) is 2.35. The predicted molar refractivity (Wildman–Crippen MR) is 73.1 cm³/mol. The minimum Gasteiger partial charge on any atom is -0.312 e. The molecular formula is C15H24N2. The first-order chi connectivity index (χ1) is 8.04. The van der Waals surface area contributed by atoms with E-state index in [0.29, 0.717) is 6.04 Å². The number of hydrogen-bond donors (Lipinski definition) is 2. The van der Waals surface area contributed by atoms with Gasteiger partial charge in [-0.2, -0.15) is 0 Å². The third-order valence-electron chi connectivity index (χ3n) is 3.31. The number of rotatable bonds is 3. The molecule has 94 valence electrons. The molecule has 1 aromatic carbocycles. The molecule has 0 aromatic heterocycles. The van der Waals surface area contributed by atoms with E-state index in [-0.39, 0.29) is 5.54 Å². The lowest BCUT2D eigenvalue weighted by atomic mass is 9.94. The standard InChI is InChI=1S/C15H24N2/c1-15(2,3)17-9-8-14-10-12-6-4-5-7-13(12)11-16-14/h4-7,14,16-17H,8-11H2,1-3H3. The van der Waals surface area contributed by atoms with Crippen LogP contribution in [0.2, 0.25) is 0 Å². The van der Waals surface area contributed by atoms with Crippen LogP contribution < -0.4 is 10.6 Å². The molecule has 0 spiro atoms. The van der Waals surface area contributed by atoms with E-state index in [1.165, 1.54) is 24.0 Å². The highest BCUT2D eigenvalue weighted by molar-refractivity contribution is 5.29. The summed E-state index contributed by atoms with van der Waals surface area (Å²) in [5.41, 5.74) is 3.21. The first-order valence-electron chi connectivity index (χ1n) is 6.60. The third kappa shape index (κ3) is 3.83. The average Bonchev–Trinajstić information content (AvgIpc) is 2.27. The molecule has 1 unspecified atom stereocenters.